The molecule has 0 aliphatic rings. The minimum atomic E-state index is 0. The van der Waals surface area contributed by atoms with E-state index < -0.39 is 0 Å². The molecule has 0 saturated heterocycles. The number of hydrogen-bond acceptors (Lipinski definition) is 0. The van der Waals surface area contributed by atoms with Crippen molar-refractivity contribution in [3.63, 3.8) is 0 Å². The fraction of sp³-hybridized carbons (Fsp3) is 1.00. The number of quaternary nitrogens is 1. The zero-order chi connectivity index (χ0) is 13.7. The van der Waals surface area contributed by atoms with Crippen LogP contribution in [0.1, 0.15) is 71.1 Å². The van der Waals surface area contributed by atoms with Crippen LogP contribution in [0.5, 0.6) is 0 Å². The molecule has 0 aromatic heterocycles. The maximum Gasteiger partial charge on any atom is 0.0920 e. The van der Waals surface area contributed by atoms with Crippen molar-refractivity contribution < 1.29 is 28.5 Å². The molecule has 0 fully saturated rings. The van der Waals surface area contributed by atoms with Gasteiger partial charge in [0.25, 0.3) is 0 Å². The summed E-state index contributed by atoms with van der Waals surface area (Å²) in [6.07, 6.45) is 14.2. The van der Waals surface area contributed by atoms with E-state index in [0.717, 1.165) is 16.9 Å². The maximum atomic E-state index is 5.80. The summed E-state index contributed by atoms with van der Waals surface area (Å²) >= 11 is 5.80. The fourth-order valence-corrected chi connectivity index (χ4v) is 2.83. The average Bonchev–Trinajstić information content (AvgIpc) is 2.31. The molecule has 0 aromatic carbocycles. The van der Waals surface area contributed by atoms with Crippen molar-refractivity contribution in [3.8, 4) is 0 Å². The molecule has 0 radical (unpaired) electrons. The van der Waals surface area contributed by atoms with Gasteiger partial charge in [0, 0.05) is 0 Å². The lowest BCUT2D eigenvalue weighted by molar-refractivity contribution is -0.888. The molecule has 0 atom stereocenters. The van der Waals surface area contributed by atoms with Crippen LogP contribution in [0.15, 0.2) is 0 Å². The van der Waals surface area contributed by atoms with Crippen molar-refractivity contribution in [2.75, 3.05) is 33.1 Å². The van der Waals surface area contributed by atoms with Gasteiger partial charge >= 0.3 is 0 Å². The number of unbranched alkanes of at least 4 members (excludes halogenated alkanes) is 9. The largest absolute Gasteiger partial charge is 1.00 e. The van der Waals surface area contributed by atoms with Gasteiger partial charge in [-0.05, 0) is 12.8 Å². The van der Waals surface area contributed by atoms with Gasteiger partial charge in [-0.15, -0.1) is 11.6 Å². The Labute approximate surface area is 144 Å². The number of hydrogen-bond donors (Lipinski definition) is 0. The minimum Gasteiger partial charge on any atom is -1.00 e. The Balaban J connectivity index is 0. The molecule has 0 aliphatic carbocycles. The van der Waals surface area contributed by atoms with Crippen molar-refractivity contribution in [3.05, 3.63) is 0 Å². The molecular formula is C16H35ClIN. The quantitative estimate of drug-likeness (QED) is 0.191. The van der Waals surface area contributed by atoms with Crippen molar-refractivity contribution in [1.82, 2.24) is 0 Å². The molecule has 0 aliphatic heterocycles. The van der Waals surface area contributed by atoms with Crippen LogP contribution < -0.4 is 24.0 Å². The van der Waals surface area contributed by atoms with Gasteiger partial charge in [0.1, 0.15) is 0 Å². The van der Waals surface area contributed by atoms with E-state index in [1.54, 1.807) is 0 Å². The van der Waals surface area contributed by atoms with E-state index in [1.807, 2.05) is 0 Å². The lowest BCUT2D eigenvalue weighted by Crippen LogP contribution is -3.00. The molecule has 0 unspecified atom stereocenters. The average molecular weight is 404 g/mol. The lowest BCUT2D eigenvalue weighted by atomic mass is 10.1. The van der Waals surface area contributed by atoms with Gasteiger partial charge in [-0.3, -0.25) is 0 Å². The summed E-state index contributed by atoms with van der Waals surface area (Å²) in [7, 11) is 4.58. The van der Waals surface area contributed by atoms with Crippen LogP contribution in [-0.2, 0) is 0 Å². The fourth-order valence-electron chi connectivity index (χ4n) is 2.37. The highest BCUT2D eigenvalue weighted by Crippen LogP contribution is 2.11. The van der Waals surface area contributed by atoms with E-state index >= 15 is 0 Å². The normalized spacial score (nSPS) is 11.4. The van der Waals surface area contributed by atoms with E-state index in [4.69, 9.17) is 11.6 Å². The molecule has 0 spiro atoms. The highest BCUT2D eigenvalue weighted by molar-refractivity contribution is 6.17. The number of rotatable bonds is 13. The molecule has 0 heterocycles. The van der Waals surface area contributed by atoms with Crippen LogP contribution >= 0.6 is 11.6 Å². The van der Waals surface area contributed by atoms with E-state index in [0.29, 0.717) is 0 Å². The number of halogens is 2. The van der Waals surface area contributed by atoms with Crippen molar-refractivity contribution in [1.29, 1.82) is 0 Å². The summed E-state index contributed by atoms with van der Waals surface area (Å²) in [5, 5.41) is 0. The van der Waals surface area contributed by atoms with Gasteiger partial charge < -0.3 is 28.5 Å². The Hall–Kier alpha value is 0.980. The smallest absolute Gasteiger partial charge is 0.0920 e. The molecule has 0 N–H and O–H groups in total. The first-order valence-electron chi connectivity index (χ1n) is 8.00. The highest BCUT2D eigenvalue weighted by atomic mass is 127. The van der Waals surface area contributed by atoms with Crippen LogP contribution in [0.4, 0.5) is 0 Å². The van der Waals surface area contributed by atoms with Gasteiger partial charge in [-0.2, -0.15) is 0 Å². The Bertz CT molecular complexity index is 174. The third-order valence-electron chi connectivity index (χ3n) is 3.81. The summed E-state index contributed by atoms with van der Waals surface area (Å²) < 4.78 is 1.08. The molecule has 0 bridgehead atoms. The number of alkyl halides is 1. The van der Waals surface area contributed by atoms with Crippen LogP contribution in [-0.4, -0.2) is 37.5 Å². The summed E-state index contributed by atoms with van der Waals surface area (Å²) in [6, 6.07) is 0. The maximum absolute atomic E-state index is 5.80. The summed E-state index contributed by atoms with van der Waals surface area (Å²) in [4.78, 5) is 0. The van der Waals surface area contributed by atoms with Crippen LogP contribution in [0, 0.1) is 0 Å². The first-order valence-corrected chi connectivity index (χ1v) is 8.54. The zero-order valence-corrected chi connectivity index (χ0v) is 16.3. The van der Waals surface area contributed by atoms with Crippen LogP contribution in [0.2, 0.25) is 0 Å². The molecular weight excluding hydrogens is 369 g/mol. The monoisotopic (exact) mass is 403 g/mol. The van der Waals surface area contributed by atoms with Crippen molar-refractivity contribution in [2.24, 2.45) is 0 Å². The molecule has 0 rings (SSSR count). The first-order chi connectivity index (χ1) is 8.62. The Kier molecular flexibility index (Phi) is 18.0. The van der Waals surface area contributed by atoms with E-state index in [9.17, 15) is 0 Å². The molecule has 118 valence electrons. The lowest BCUT2D eigenvalue weighted by Gasteiger charge is -2.28. The zero-order valence-electron chi connectivity index (χ0n) is 13.4. The van der Waals surface area contributed by atoms with Gasteiger partial charge in [0.05, 0.1) is 33.1 Å². The molecule has 3 heteroatoms. The van der Waals surface area contributed by atoms with Gasteiger partial charge in [0.15, 0.2) is 0 Å². The predicted molar refractivity (Wildman–Crippen MR) is 84.4 cm³/mol. The summed E-state index contributed by atoms with van der Waals surface area (Å²) in [6.45, 7) is 4.66. The van der Waals surface area contributed by atoms with Gasteiger partial charge in [-0.1, -0.05) is 58.3 Å². The molecule has 0 aromatic rings. The Morgan fingerprint density at radius 1 is 0.684 bits per heavy atom. The Morgan fingerprint density at radius 3 is 1.53 bits per heavy atom. The second-order valence-electron chi connectivity index (χ2n) is 6.25. The topological polar surface area (TPSA) is 0 Å². The third kappa shape index (κ3) is 16.9. The molecule has 0 saturated carbocycles. The van der Waals surface area contributed by atoms with E-state index in [-0.39, 0.29) is 24.0 Å². The SMILES string of the molecule is CCCCCCCCCCCC[N+](C)(C)CCCl.[I-]. The van der Waals surface area contributed by atoms with Crippen molar-refractivity contribution >= 4 is 11.6 Å². The summed E-state index contributed by atoms with van der Waals surface area (Å²) in [5.41, 5.74) is 0. The number of nitrogens with zero attached hydrogens (tertiary/aromatic N) is 1. The highest BCUT2D eigenvalue weighted by Gasteiger charge is 2.12. The van der Waals surface area contributed by atoms with E-state index in [1.165, 1.54) is 70.8 Å². The van der Waals surface area contributed by atoms with Gasteiger partial charge in [-0.25, -0.2) is 0 Å². The van der Waals surface area contributed by atoms with Crippen LogP contribution in [0.25, 0.3) is 0 Å². The third-order valence-corrected chi connectivity index (χ3v) is 3.98. The second-order valence-corrected chi connectivity index (χ2v) is 6.63. The minimum absolute atomic E-state index is 0. The van der Waals surface area contributed by atoms with Crippen molar-refractivity contribution in [2.45, 2.75) is 71.1 Å². The van der Waals surface area contributed by atoms with Crippen LogP contribution in [0.3, 0.4) is 0 Å². The molecule has 19 heavy (non-hydrogen) atoms. The molecule has 0 amide bonds. The first kappa shape index (κ1) is 22.3. The summed E-state index contributed by atoms with van der Waals surface area (Å²) in [5.74, 6) is 0.783. The predicted octanol–water partition coefficient (Wildman–Crippen LogP) is 2.23. The molecule has 1 nitrogen and oxygen atoms in total. The van der Waals surface area contributed by atoms with Gasteiger partial charge in [0.2, 0.25) is 0 Å². The van der Waals surface area contributed by atoms with E-state index in [2.05, 4.69) is 21.0 Å². The standard InChI is InChI=1S/C16H35ClN.HI/c1-4-5-6-7-8-9-10-11-12-13-15-18(2,3)16-14-17;/h4-16H2,1-3H3;1H/q+1;/p-1. The second kappa shape index (κ2) is 15.4. The Morgan fingerprint density at radius 2 is 1.11 bits per heavy atom.